The van der Waals surface area contributed by atoms with Gasteiger partial charge in [-0.3, -0.25) is 9.59 Å². The molecule has 2 N–H and O–H groups in total. The fourth-order valence-corrected chi connectivity index (χ4v) is 3.59. The smallest absolute Gasteiger partial charge is 0.232 e. The van der Waals surface area contributed by atoms with Crippen LogP contribution in [0.4, 0.5) is 5.69 Å². The van der Waals surface area contributed by atoms with E-state index in [0.29, 0.717) is 18.9 Å². The number of nitrogens with one attached hydrogen (secondary N) is 2. The molecule has 0 bridgehead atoms. The van der Waals surface area contributed by atoms with Crippen molar-refractivity contribution < 1.29 is 9.59 Å². The maximum Gasteiger partial charge on any atom is 0.232 e. The first-order chi connectivity index (χ1) is 10.2. The van der Waals surface area contributed by atoms with E-state index in [4.69, 9.17) is 0 Å². The number of carbonyl (C=O) groups is 2. The van der Waals surface area contributed by atoms with Gasteiger partial charge in [-0.1, -0.05) is 18.2 Å². The molecule has 2 fully saturated rings. The predicted octanol–water partition coefficient (Wildman–Crippen LogP) is 2.27. The van der Waals surface area contributed by atoms with E-state index in [9.17, 15) is 9.59 Å². The van der Waals surface area contributed by atoms with Gasteiger partial charge in [0.1, 0.15) is 0 Å². The summed E-state index contributed by atoms with van der Waals surface area (Å²) in [6.07, 6.45) is 4.37. The highest BCUT2D eigenvalue weighted by Gasteiger charge is 2.50. The van der Waals surface area contributed by atoms with Crippen LogP contribution in [-0.4, -0.2) is 18.4 Å². The van der Waals surface area contributed by atoms with E-state index in [1.54, 1.807) is 0 Å². The molecule has 2 aliphatic carbocycles. The van der Waals surface area contributed by atoms with E-state index in [1.165, 1.54) is 12.8 Å². The molecule has 21 heavy (non-hydrogen) atoms. The van der Waals surface area contributed by atoms with Crippen molar-refractivity contribution in [1.29, 1.82) is 0 Å². The van der Waals surface area contributed by atoms with Crippen molar-refractivity contribution in [2.45, 2.75) is 31.6 Å². The Balaban J connectivity index is 1.29. The van der Waals surface area contributed by atoms with E-state index < -0.39 is 0 Å². The molecule has 1 heterocycles. The summed E-state index contributed by atoms with van der Waals surface area (Å²) in [4.78, 5) is 24.0. The summed E-state index contributed by atoms with van der Waals surface area (Å²) in [5.74, 6) is 1.85. The van der Waals surface area contributed by atoms with Gasteiger partial charge in [-0.15, -0.1) is 0 Å². The molecule has 4 nitrogen and oxygen atoms in total. The lowest BCUT2D eigenvalue weighted by atomic mass is 9.97. The molecule has 0 spiro atoms. The van der Waals surface area contributed by atoms with Gasteiger partial charge < -0.3 is 10.6 Å². The molecular weight excluding hydrogens is 264 g/mol. The third-order valence-electron chi connectivity index (χ3n) is 5.05. The lowest BCUT2D eigenvalue weighted by molar-refractivity contribution is -0.123. The zero-order chi connectivity index (χ0) is 14.4. The zero-order valence-electron chi connectivity index (χ0n) is 12.0. The van der Waals surface area contributed by atoms with Crippen LogP contribution in [0.5, 0.6) is 0 Å². The Morgan fingerprint density at radius 2 is 2.10 bits per heavy atom. The van der Waals surface area contributed by atoms with E-state index in [0.717, 1.165) is 23.6 Å². The summed E-state index contributed by atoms with van der Waals surface area (Å²) in [6.45, 7) is 0.582. The van der Waals surface area contributed by atoms with Crippen LogP contribution < -0.4 is 10.6 Å². The van der Waals surface area contributed by atoms with Crippen molar-refractivity contribution in [2.75, 3.05) is 11.9 Å². The van der Waals surface area contributed by atoms with Crippen molar-refractivity contribution in [2.24, 2.45) is 17.8 Å². The van der Waals surface area contributed by atoms with Crippen LogP contribution in [0, 0.1) is 17.8 Å². The van der Waals surface area contributed by atoms with Gasteiger partial charge in [-0.05, 0) is 49.1 Å². The monoisotopic (exact) mass is 284 g/mol. The second-order valence-electron chi connectivity index (χ2n) is 6.55. The molecule has 1 aromatic carbocycles. The molecule has 110 valence electrons. The van der Waals surface area contributed by atoms with Gasteiger partial charge in [-0.2, -0.15) is 0 Å². The van der Waals surface area contributed by atoms with E-state index in [1.807, 2.05) is 24.3 Å². The van der Waals surface area contributed by atoms with Crippen molar-refractivity contribution >= 4 is 17.5 Å². The topological polar surface area (TPSA) is 58.2 Å². The molecule has 0 saturated heterocycles. The Kier molecular flexibility index (Phi) is 2.98. The lowest BCUT2D eigenvalue weighted by Gasteiger charge is -2.10. The maximum atomic E-state index is 12.0. The highest BCUT2D eigenvalue weighted by molar-refractivity contribution is 6.02. The Morgan fingerprint density at radius 1 is 1.29 bits per heavy atom. The first kappa shape index (κ1) is 12.9. The summed E-state index contributed by atoms with van der Waals surface area (Å²) >= 11 is 0. The molecule has 0 radical (unpaired) electrons. The second kappa shape index (κ2) is 4.86. The molecule has 3 aliphatic rings. The fourth-order valence-electron chi connectivity index (χ4n) is 3.59. The largest absolute Gasteiger partial charge is 0.356 e. The van der Waals surface area contributed by atoms with Crippen LogP contribution in [-0.2, 0) is 9.59 Å². The van der Waals surface area contributed by atoms with Crippen molar-refractivity contribution in [3.8, 4) is 0 Å². The van der Waals surface area contributed by atoms with Gasteiger partial charge in [0, 0.05) is 18.2 Å². The number of fused-ring (bicyclic) bond motifs is 1. The highest BCUT2D eigenvalue weighted by Crippen LogP contribution is 2.54. The molecule has 3 atom stereocenters. The van der Waals surface area contributed by atoms with E-state index in [2.05, 4.69) is 10.6 Å². The van der Waals surface area contributed by atoms with Gasteiger partial charge in [0.05, 0.1) is 5.92 Å². The van der Waals surface area contributed by atoms with Gasteiger partial charge in [0.25, 0.3) is 0 Å². The van der Waals surface area contributed by atoms with Crippen molar-refractivity contribution in [1.82, 2.24) is 5.32 Å². The fraction of sp³-hybridized carbons (Fsp3) is 0.529. The van der Waals surface area contributed by atoms with Crippen LogP contribution in [0.15, 0.2) is 24.3 Å². The Labute approximate surface area is 124 Å². The van der Waals surface area contributed by atoms with Crippen LogP contribution in [0.3, 0.4) is 0 Å². The van der Waals surface area contributed by atoms with Crippen LogP contribution in [0.25, 0.3) is 0 Å². The van der Waals surface area contributed by atoms with Crippen molar-refractivity contribution in [3.05, 3.63) is 29.8 Å². The predicted molar refractivity (Wildman–Crippen MR) is 79.8 cm³/mol. The number of amides is 2. The Bertz CT molecular complexity index is 594. The number of hydrogen-bond donors (Lipinski definition) is 2. The molecule has 2 saturated carbocycles. The second-order valence-corrected chi connectivity index (χ2v) is 6.55. The standard InChI is InChI=1S/C17H20N2O2/c20-16(14-9-13(14)10-5-6-10)18-8-7-12-11-3-1-2-4-15(11)19-17(12)21/h1-4,10,12-14H,5-9H2,(H,18,20)(H,19,21). The number of rotatable bonds is 5. The number of hydrogen-bond acceptors (Lipinski definition) is 2. The summed E-state index contributed by atoms with van der Waals surface area (Å²) in [5, 5.41) is 5.92. The summed E-state index contributed by atoms with van der Waals surface area (Å²) in [6, 6.07) is 7.80. The molecular formula is C17H20N2O2. The van der Waals surface area contributed by atoms with E-state index in [-0.39, 0.29) is 23.7 Å². The highest BCUT2D eigenvalue weighted by atomic mass is 16.2. The minimum absolute atomic E-state index is 0.0488. The third kappa shape index (κ3) is 2.43. The summed E-state index contributed by atoms with van der Waals surface area (Å²) < 4.78 is 0. The van der Waals surface area contributed by atoms with Gasteiger partial charge >= 0.3 is 0 Å². The van der Waals surface area contributed by atoms with Gasteiger partial charge in [-0.25, -0.2) is 0 Å². The number of para-hydroxylation sites is 1. The molecule has 2 amide bonds. The molecule has 4 rings (SSSR count). The minimum atomic E-state index is -0.125. The van der Waals surface area contributed by atoms with Gasteiger partial charge in [0.2, 0.25) is 11.8 Å². The van der Waals surface area contributed by atoms with Crippen molar-refractivity contribution in [3.63, 3.8) is 0 Å². The molecule has 3 unspecified atom stereocenters. The summed E-state index contributed by atoms with van der Waals surface area (Å²) in [5.41, 5.74) is 1.97. The van der Waals surface area contributed by atoms with E-state index >= 15 is 0 Å². The molecule has 1 aliphatic heterocycles. The summed E-state index contributed by atoms with van der Waals surface area (Å²) in [7, 11) is 0. The average Bonchev–Trinajstić information content (AvgIpc) is 3.36. The van der Waals surface area contributed by atoms with Crippen LogP contribution >= 0.6 is 0 Å². The number of benzene rings is 1. The first-order valence-corrected chi connectivity index (χ1v) is 7.91. The van der Waals surface area contributed by atoms with Crippen LogP contribution in [0.2, 0.25) is 0 Å². The zero-order valence-corrected chi connectivity index (χ0v) is 12.0. The minimum Gasteiger partial charge on any atom is -0.356 e. The number of anilines is 1. The number of carbonyl (C=O) groups excluding carboxylic acids is 2. The Hall–Kier alpha value is -1.84. The average molecular weight is 284 g/mol. The maximum absolute atomic E-state index is 12.0. The molecule has 4 heteroatoms. The quantitative estimate of drug-likeness (QED) is 0.871. The molecule has 0 aromatic heterocycles. The lowest BCUT2D eigenvalue weighted by Crippen LogP contribution is -2.28. The first-order valence-electron chi connectivity index (χ1n) is 7.91. The van der Waals surface area contributed by atoms with Gasteiger partial charge in [0.15, 0.2) is 0 Å². The van der Waals surface area contributed by atoms with Crippen LogP contribution in [0.1, 0.15) is 37.2 Å². The molecule has 1 aromatic rings. The Morgan fingerprint density at radius 3 is 2.90 bits per heavy atom. The SMILES string of the molecule is O=C1Nc2ccccc2C1CCNC(=O)C1CC1C1CC1. The normalized spacial score (nSPS) is 29.7. The third-order valence-corrected chi connectivity index (χ3v) is 5.05.